The van der Waals surface area contributed by atoms with E-state index >= 15 is 0 Å². The average Bonchev–Trinajstić information content (AvgIpc) is 3.63. The van der Waals surface area contributed by atoms with Crippen molar-refractivity contribution < 1.29 is 0 Å². The number of nitrogens with zero attached hydrogens (tertiary/aromatic N) is 2. The number of hydrogen-bond donors (Lipinski definition) is 2. The third kappa shape index (κ3) is 6.62. The zero-order chi connectivity index (χ0) is 39.9. The molecule has 0 saturated carbocycles. The molecule has 2 heterocycles. The van der Waals surface area contributed by atoms with Crippen LogP contribution in [0.4, 0.5) is 22.7 Å². The number of hydrogen-bond acceptors (Lipinski definition) is 4. The summed E-state index contributed by atoms with van der Waals surface area (Å²) in [6.07, 6.45) is 0. The van der Waals surface area contributed by atoms with Crippen molar-refractivity contribution in [1.82, 2.24) is 4.57 Å². The summed E-state index contributed by atoms with van der Waals surface area (Å²) in [5.74, 6) is 0. The highest BCUT2D eigenvalue weighted by atomic mass is 32.2. The number of anilines is 4. The van der Waals surface area contributed by atoms with Crippen LogP contribution >= 0.6 is 11.8 Å². The van der Waals surface area contributed by atoms with Crippen LogP contribution in [0.1, 0.15) is 16.7 Å². The zero-order valence-corrected chi connectivity index (χ0v) is 33.3. The first-order valence-electron chi connectivity index (χ1n) is 19.8. The van der Waals surface area contributed by atoms with Crippen LogP contribution in [0.3, 0.4) is 0 Å². The van der Waals surface area contributed by atoms with Crippen LogP contribution in [0.5, 0.6) is 0 Å². The van der Waals surface area contributed by atoms with Gasteiger partial charge in [0.05, 0.1) is 28.1 Å². The molecule has 11 rings (SSSR count). The van der Waals surface area contributed by atoms with E-state index in [2.05, 4.69) is 168 Å². The van der Waals surface area contributed by atoms with Crippen molar-refractivity contribution in [3.05, 3.63) is 223 Å². The first kappa shape index (κ1) is 36.0. The Hall–Kier alpha value is -7.34. The van der Waals surface area contributed by atoms with E-state index in [0.717, 1.165) is 11.1 Å². The number of nitrogen functional groups attached to an aromatic ring is 1. The molecule has 1 aliphatic heterocycles. The molecule has 3 N–H and O–H groups in total. The molecule has 0 saturated heterocycles. The first-order valence-corrected chi connectivity index (χ1v) is 20.6. The van der Waals surface area contributed by atoms with Crippen LogP contribution in [0, 0.1) is 12.3 Å². The predicted octanol–water partition coefficient (Wildman–Crippen LogP) is 14.5. The minimum Gasteiger partial charge on any atom is -0.398 e. The Morgan fingerprint density at radius 1 is 0.508 bits per heavy atom. The lowest BCUT2D eigenvalue weighted by Gasteiger charge is -2.33. The molecular formula is C54H40N4S. The molecule has 1 aromatic heterocycles. The number of aromatic nitrogens is 1. The van der Waals surface area contributed by atoms with Crippen molar-refractivity contribution in [1.29, 1.82) is 5.41 Å². The van der Waals surface area contributed by atoms with Gasteiger partial charge in [0.15, 0.2) is 0 Å². The van der Waals surface area contributed by atoms with Crippen molar-refractivity contribution in [2.24, 2.45) is 0 Å². The fraction of sp³-hybridized carbons (Fsp3) is 0.0185. The van der Waals surface area contributed by atoms with E-state index in [1.54, 1.807) is 0 Å². The Kier molecular flexibility index (Phi) is 9.28. The van der Waals surface area contributed by atoms with Crippen LogP contribution in [0.15, 0.2) is 216 Å². The maximum Gasteiger partial charge on any atom is 0.0705 e. The summed E-state index contributed by atoms with van der Waals surface area (Å²) in [7, 11) is 0. The number of nitrogens with one attached hydrogen (secondary N) is 1. The van der Waals surface area contributed by atoms with E-state index in [-0.39, 0.29) is 0 Å². The van der Waals surface area contributed by atoms with Crippen molar-refractivity contribution in [3.63, 3.8) is 0 Å². The molecule has 9 aromatic carbocycles. The van der Waals surface area contributed by atoms with Gasteiger partial charge < -0.3 is 15.2 Å². The Morgan fingerprint density at radius 2 is 1.15 bits per heavy atom. The van der Waals surface area contributed by atoms with Crippen molar-refractivity contribution in [2.75, 3.05) is 10.6 Å². The van der Waals surface area contributed by atoms with Crippen molar-refractivity contribution in [2.45, 2.75) is 16.7 Å². The summed E-state index contributed by atoms with van der Waals surface area (Å²) in [4.78, 5) is 4.94. The smallest absolute Gasteiger partial charge is 0.0705 e. The highest BCUT2D eigenvalue weighted by Crippen LogP contribution is 2.52. The Balaban J connectivity index is 0.000000237. The fourth-order valence-corrected chi connectivity index (χ4v) is 9.25. The van der Waals surface area contributed by atoms with Gasteiger partial charge in [-0.3, -0.25) is 5.41 Å². The largest absolute Gasteiger partial charge is 0.398 e. The van der Waals surface area contributed by atoms with Crippen molar-refractivity contribution in [3.8, 4) is 16.8 Å². The number of rotatable bonds is 5. The van der Waals surface area contributed by atoms with Crippen LogP contribution in [-0.2, 0) is 0 Å². The summed E-state index contributed by atoms with van der Waals surface area (Å²) in [6.45, 7) is 2.14. The Morgan fingerprint density at radius 3 is 1.97 bits per heavy atom. The molecule has 0 aliphatic carbocycles. The average molecular weight is 777 g/mol. The van der Waals surface area contributed by atoms with E-state index < -0.39 is 0 Å². The molecule has 10 aromatic rings. The lowest BCUT2D eigenvalue weighted by atomic mass is 9.99. The summed E-state index contributed by atoms with van der Waals surface area (Å²) in [6, 6.07) is 72.5. The molecule has 0 spiro atoms. The van der Waals surface area contributed by atoms with Gasteiger partial charge in [0, 0.05) is 48.8 Å². The minimum absolute atomic E-state index is 0.466. The number of para-hydroxylation sites is 3. The van der Waals surface area contributed by atoms with E-state index in [4.69, 9.17) is 11.1 Å². The highest BCUT2D eigenvalue weighted by Gasteiger charge is 2.25. The van der Waals surface area contributed by atoms with E-state index in [0.29, 0.717) is 11.4 Å². The summed E-state index contributed by atoms with van der Waals surface area (Å²) in [5, 5.41) is 13.1. The lowest BCUT2D eigenvalue weighted by Crippen LogP contribution is -2.14. The van der Waals surface area contributed by atoms with E-state index in [1.807, 2.05) is 66.4 Å². The first-order chi connectivity index (χ1) is 29.0. The molecule has 59 heavy (non-hydrogen) atoms. The van der Waals surface area contributed by atoms with Gasteiger partial charge in [-0.1, -0.05) is 151 Å². The molecule has 282 valence electrons. The second-order valence-electron chi connectivity index (χ2n) is 14.8. The zero-order valence-electron chi connectivity index (χ0n) is 32.5. The van der Waals surface area contributed by atoms with Gasteiger partial charge in [-0.15, -0.1) is 0 Å². The van der Waals surface area contributed by atoms with Gasteiger partial charge in [-0.05, 0) is 102 Å². The third-order valence-corrected chi connectivity index (χ3v) is 12.2. The number of nitrogens with two attached hydrogens (primary N) is 1. The lowest BCUT2D eigenvalue weighted by molar-refractivity contribution is 1.17. The van der Waals surface area contributed by atoms with Crippen LogP contribution in [0.25, 0.3) is 49.4 Å². The van der Waals surface area contributed by atoms with Gasteiger partial charge in [0.2, 0.25) is 0 Å². The minimum atomic E-state index is 0.466. The molecule has 0 fully saturated rings. The van der Waals surface area contributed by atoms with Gasteiger partial charge in [0.1, 0.15) is 0 Å². The van der Waals surface area contributed by atoms with Crippen LogP contribution < -0.4 is 10.6 Å². The number of benzene rings is 9. The maximum atomic E-state index is 8.03. The fourth-order valence-electron chi connectivity index (χ4n) is 8.22. The maximum absolute atomic E-state index is 8.03. The van der Waals surface area contributed by atoms with Gasteiger partial charge in [0.25, 0.3) is 0 Å². The summed E-state index contributed by atoms with van der Waals surface area (Å²) in [5.41, 5.74) is 19.5. The molecule has 5 heteroatoms. The van der Waals surface area contributed by atoms with Gasteiger partial charge in [-0.2, -0.15) is 0 Å². The highest BCUT2D eigenvalue weighted by molar-refractivity contribution is 7.99. The monoisotopic (exact) mass is 776 g/mol. The molecular weight excluding hydrogens is 737 g/mol. The quantitative estimate of drug-likeness (QED) is 0.135. The van der Waals surface area contributed by atoms with Crippen LogP contribution in [0.2, 0.25) is 0 Å². The predicted molar refractivity (Wildman–Crippen MR) is 250 cm³/mol. The Bertz CT molecular complexity index is 3170. The molecule has 0 unspecified atom stereocenters. The number of fused-ring (bicyclic) bond motifs is 7. The van der Waals surface area contributed by atoms with Crippen LogP contribution in [-0.4, -0.2) is 10.3 Å². The van der Waals surface area contributed by atoms with Gasteiger partial charge >= 0.3 is 0 Å². The Labute approximate surface area is 348 Å². The number of aryl methyl sites for hydroxylation is 1. The second kappa shape index (κ2) is 15.2. The second-order valence-corrected chi connectivity index (χ2v) is 15.9. The summed E-state index contributed by atoms with van der Waals surface area (Å²) >= 11 is 1.85. The SMILES string of the molecule is Cc1ccc(-n2c3ccc(-c4ccc5c(c4)N(c4ccccc4)c4ccccc4S5)cc3c3c4ccccc4ccc32)cc1.N=C(c1ccccc1)c1ccccc1N. The topological polar surface area (TPSA) is 58.0 Å². The molecule has 4 nitrogen and oxygen atoms in total. The summed E-state index contributed by atoms with van der Waals surface area (Å²) < 4.78 is 2.41. The molecule has 0 bridgehead atoms. The molecule has 1 aliphatic rings. The van der Waals surface area contributed by atoms with E-state index in [1.165, 1.54) is 81.8 Å². The molecule has 0 radical (unpaired) electrons. The van der Waals surface area contributed by atoms with Crippen molar-refractivity contribution >= 4 is 72.8 Å². The van der Waals surface area contributed by atoms with Gasteiger partial charge in [-0.25, -0.2) is 0 Å². The molecule has 0 atom stereocenters. The third-order valence-electron chi connectivity index (χ3n) is 11.1. The normalized spacial score (nSPS) is 11.8. The van der Waals surface area contributed by atoms with E-state index in [9.17, 15) is 0 Å². The molecule has 0 amide bonds. The standard InChI is InChI=1S/C41H28N2S.C13H12N2/c1-27-15-20-32(21-16-27)42-35-22-18-29(25-34(35)41-33-12-6-5-9-28(33)17-23-37(41)42)30-19-24-40-38(26-30)43(31-10-3-2-4-11-31)36-13-7-8-14-39(36)44-40;14-12-9-5-4-8-11(12)13(15)10-6-2-1-3-7-10/h2-26H,1H3;1-9,15H,14H2.